The van der Waals surface area contributed by atoms with E-state index in [0.29, 0.717) is 6.54 Å². The fourth-order valence-electron chi connectivity index (χ4n) is 1.76. The van der Waals surface area contributed by atoms with Gasteiger partial charge >= 0.3 is 0 Å². The average Bonchev–Trinajstić information content (AvgIpc) is 2.82. The van der Waals surface area contributed by atoms with Gasteiger partial charge in [0.05, 0.1) is 16.6 Å². The van der Waals surface area contributed by atoms with Gasteiger partial charge in [0.2, 0.25) is 0 Å². The van der Waals surface area contributed by atoms with Crippen LogP contribution in [0.25, 0.3) is 0 Å². The van der Waals surface area contributed by atoms with E-state index in [4.69, 9.17) is 5.26 Å². The molecule has 104 valence electrons. The summed E-state index contributed by atoms with van der Waals surface area (Å²) in [6, 6.07) is 3.81. The number of benzene rings is 1. The molecule has 0 saturated carbocycles. The Labute approximate surface area is 119 Å². The highest BCUT2D eigenvalue weighted by molar-refractivity contribution is 7.09. The molecule has 2 rings (SSSR count). The number of rotatable bonds is 5. The van der Waals surface area contributed by atoms with Crippen LogP contribution in [0.4, 0.5) is 8.78 Å². The van der Waals surface area contributed by atoms with Crippen LogP contribution >= 0.6 is 11.3 Å². The first-order chi connectivity index (χ1) is 9.60. The molecule has 0 aliphatic rings. The Morgan fingerprint density at radius 3 is 2.60 bits per heavy atom. The Hall–Kier alpha value is -1.84. The predicted molar refractivity (Wildman–Crippen MR) is 73.3 cm³/mol. The van der Waals surface area contributed by atoms with Crippen LogP contribution in [0.1, 0.15) is 21.8 Å². The second-order valence-electron chi connectivity index (χ2n) is 4.34. The largest absolute Gasteiger partial charge is 0.312 e. The molecule has 0 spiro atoms. The molecule has 0 atom stereocenters. The number of nitrogens with one attached hydrogen (secondary N) is 1. The van der Waals surface area contributed by atoms with Crippen LogP contribution in [0.3, 0.4) is 0 Å². The summed E-state index contributed by atoms with van der Waals surface area (Å²) >= 11 is 1.57. The molecule has 0 radical (unpaired) electrons. The molecule has 1 N–H and O–H groups in total. The average molecular weight is 293 g/mol. The van der Waals surface area contributed by atoms with E-state index >= 15 is 0 Å². The fraction of sp³-hybridized carbons (Fsp3) is 0.286. The Morgan fingerprint density at radius 2 is 2.05 bits per heavy atom. The van der Waals surface area contributed by atoms with Gasteiger partial charge in [0, 0.05) is 36.1 Å². The van der Waals surface area contributed by atoms with Crippen molar-refractivity contribution in [2.45, 2.75) is 19.9 Å². The zero-order chi connectivity index (χ0) is 14.5. The van der Waals surface area contributed by atoms with Crippen LogP contribution in [-0.2, 0) is 13.0 Å². The van der Waals surface area contributed by atoms with Gasteiger partial charge in [0.1, 0.15) is 11.6 Å². The summed E-state index contributed by atoms with van der Waals surface area (Å²) in [7, 11) is 0. The van der Waals surface area contributed by atoms with Crippen molar-refractivity contribution < 1.29 is 8.78 Å². The van der Waals surface area contributed by atoms with E-state index < -0.39 is 11.6 Å². The van der Waals surface area contributed by atoms with E-state index in [9.17, 15) is 8.78 Å². The van der Waals surface area contributed by atoms with Gasteiger partial charge in [-0.3, -0.25) is 0 Å². The zero-order valence-electron chi connectivity index (χ0n) is 10.9. The van der Waals surface area contributed by atoms with Crippen molar-refractivity contribution in [2.24, 2.45) is 0 Å². The first-order valence-electron chi connectivity index (χ1n) is 6.10. The minimum absolute atomic E-state index is 0.0120. The molecule has 0 bridgehead atoms. The minimum atomic E-state index is -0.695. The van der Waals surface area contributed by atoms with Gasteiger partial charge in [-0.15, -0.1) is 11.3 Å². The lowest BCUT2D eigenvalue weighted by Crippen LogP contribution is -2.18. The first kappa shape index (κ1) is 14.6. The predicted octanol–water partition coefficient (Wildman–Crippen LogP) is 2.93. The summed E-state index contributed by atoms with van der Waals surface area (Å²) in [5.41, 5.74) is 0.926. The van der Waals surface area contributed by atoms with Crippen LogP contribution < -0.4 is 5.32 Å². The lowest BCUT2D eigenvalue weighted by molar-refractivity contribution is 0.535. The van der Waals surface area contributed by atoms with Gasteiger partial charge in [0.15, 0.2) is 0 Å². The molecule has 1 heterocycles. The van der Waals surface area contributed by atoms with Crippen LogP contribution in [0.2, 0.25) is 0 Å². The summed E-state index contributed by atoms with van der Waals surface area (Å²) in [5, 5.41) is 14.6. The maximum atomic E-state index is 13.6. The number of thiazole rings is 1. The molecule has 2 aromatic rings. The van der Waals surface area contributed by atoms with Crippen molar-refractivity contribution >= 4 is 11.3 Å². The highest BCUT2D eigenvalue weighted by Gasteiger charge is 2.10. The Morgan fingerprint density at radius 1 is 1.35 bits per heavy atom. The number of aromatic nitrogens is 1. The molecule has 0 aliphatic heterocycles. The van der Waals surface area contributed by atoms with E-state index in [1.165, 1.54) is 0 Å². The standard InChI is InChI=1S/C14H13F2N3S/c1-9-8-20-14(19-9)2-3-18-7-11-12(15)4-10(6-17)5-13(11)16/h4-5,8,18H,2-3,7H2,1H3. The highest BCUT2D eigenvalue weighted by Crippen LogP contribution is 2.15. The quantitative estimate of drug-likeness (QED) is 0.862. The van der Waals surface area contributed by atoms with Crippen LogP contribution in [-0.4, -0.2) is 11.5 Å². The Kier molecular flexibility index (Phi) is 4.77. The third-order valence-corrected chi connectivity index (χ3v) is 3.78. The maximum absolute atomic E-state index is 13.6. The summed E-state index contributed by atoms with van der Waals surface area (Å²) in [6.07, 6.45) is 0.720. The Balaban J connectivity index is 1.90. The molecule has 0 aliphatic carbocycles. The van der Waals surface area contributed by atoms with Gasteiger partial charge in [-0.1, -0.05) is 0 Å². The number of hydrogen-bond acceptors (Lipinski definition) is 4. The smallest absolute Gasteiger partial charge is 0.131 e. The topological polar surface area (TPSA) is 48.7 Å². The lowest BCUT2D eigenvalue weighted by atomic mass is 10.1. The second kappa shape index (κ2) is 6.55. The number of aryl methyl sites for hydroxylation is 1. The molecule has 1 aromatic carbocycles. The van der Waals surface area contributed by atoms with Crippen molar-refractivity contribution in [1.29, 1.82) is 5.26 Å². The molecular weight excluding hydrogens is 280 g/mol. The normalized spacial score (nSPS) is 10.5. The number of nitrogens with zero attached hydrogens (tertiary/aromatic N) is 2. The molecule has 1 aromatic heterocycles. The van der Waals surface area contributed by atoms with E-state index in [-0.39, 0.29) is 17.7 Å². The molecular formula is C14H13F2N3S. The molecule has 3 nitrogen and oxygen atoms in total. The Bertz CT molecular complexity index is 623. The van der Waals surface area contributed by atoms with Crippen LogP contribution in [0, 0.1) is 29.9 Å². The van der Waals surface area contributed by atoms with Crippen molar-refractivity contribution in [3.63, 3.8) is 0 Å². The van der Waals surface area contributed by atoms with Crippen molar-refractivity contribution in [3.8, 4) is 6.07 Å². The minimum Gasteiger partial charge on any atom is -0.312 e. The third kappa shape index (κ3) is 3.59. The fourth-order valence-corrected chi connectivity index (χ4v) is 2.54. The van der Waals surface area contributed by atoms with Crippen LogP contribution in [0.15, 0.2) is 17.5 Å². The van der Waals surface area contributed by atoms with Crippen molar-refractivity contribution in [3.05, 3.63) is 51.0 Å². The lowest BCUT2D eigenvalue weighted by Gasteiger charge is -2.07. The van der Waals surface area contributed by atoms with Crippen molar-refractivity contribution in [2.75, 3.05) is 6.54 Å². The van der Waals surface area contributed by atoms with E-state index in [1.807, 2.05) is 12.3 Å². The monoisotopic (exact) mass is 293 g/mol. The number of nitriles is 1. The van der Waals surface area contributed by atoms with Crippen LogP contribution in [0.5, 0.6) is 0 Å². The van der Waals surface area contributed by atoms with E-state index in [1.54, 1.807) is 17.4 Å². The molecule has 20 heavy (non-hydrogen) atoms. The SMILES string of the molecule is Cc1csc(CCNCc2c(F)cc(C#N)cc2F)n1. The second-order valence-corrected chi connectivity index (χ2v) is 5.28. The molecule has 0 fully saturated rings. The van der Waals surface area contributed by atoms with Crippen molar-refractivity contribution in [1.82, 2.24) is 10.3 Å². The van der Waals surface area contributed by atoms with Gasteiger partial charge in [0.25, 0.3) is 0 Å². The van der Waals surface area contributed by atoms with Gasteiger partial charge in [-0.05, 0) is 19.1 Å². The highest BCUT2D eigenvalue weighted by atomic mass is 32.1. The maximum Gasteiger partial charge on any atom is 0.131 e. The summed E-state index contributed by atoms with van der Waals surface area (Å²) in [4.78, 5) is 4.31. The summed E-state index contributed by atoms with van der Waals surface area (Å²) in [6.45, 7) is 2.61. The first-order valence-corrected chi connectivity index (χ1v) is 6.98. The molecule has 0 amide bonds. The van der Waals surface area contributed by atoms with Gasteiger partial charge < -0.3 is 5.32 Å². The molecule has 6 heteroatoms. The number of hydrogen-bond donors (Lipinski definition) is 1. The zero-order valence-corrected chi connectivity index (χ0v) is 11.7. The molecule has 0 unspecified atom stereocenters. The molecule has 0 saturated heterocycles. The number of halogens is 2. The summed E-state index contributed by atoms with van der Waals surface area (Å²) in [5.74, 6) is -1.39. The van der Waals surface area contributed by atoms with E-state index in [2.05, 4.69) is 10.3 Å². The van der Waals surface area contributed by atoms with Gasteiger partial charge in [-0.2, -0.15) is 5.26 Å². The van der Waals surface area contributed by atoms with Gasteiger partial charge in [-0.25, -0.2) is 13.8 Å². The van der Waals surface area contributed by atoms with E-state index in [0.717, 1.165) is 29.3 Å². The summed E-state index contributed by atoms with van der Waals surface area (Å²) < 4.78 is 27.2. The third-order valence-electron chi connectivity index (χ3n) is 2.75.